The normalized spacial score (nSPS) is 12.7. The third-order valence-corrected chi connectivity index (χ3v) is 4.33. The Morgan fingerprint density at radius 1 is 0.920 bits per heavy atom. The first kappa shape index (κ1) is 15.3. The predicted octanol–water partition coefficient (Wildman–Crippen LogP) is 2.66. The minimum absolute atomic E-state index is 0.0445. The molecular formula is C20H11BO4. The Kier molecular flexibility index (Phi) is 3.32. The van der Waals surface area contributed by atoms with Crippen LogP contribution in [0.5, 0.6) is 0 Å². The standard InChI is InChI=1S/C20H11BO4/c1-10-15(17(22)11-6-8-12(21)9-7-11)16-19(24)18(23)13-4-2-3-5-14(13)20(16)25-10/h2-9H,1H3. The Hall–Kier alpha value is -3.21. The van der Waals surface area contributed by atoms with Gasteiger partial charge in [0.1, 0.15) is 19.4 Å². The Bertz CT molecular complexity index is 1060. The zero-order valence-corrected chi connectivity index (χ0v) is 13.3. The van der Waals surface area contributed by atoms with Gasteiger partial charge in [0, 0.05) is 16.7 Å². The summed E-state index contributed by atoms with van der Waals surface area (Å²) >= 11 is 0. The van der Waals surface area contributed by atoms with E-state index in [1.54, 1.807) is 55.5 Å². The summed E-state index contributed by atoms with van der Waals surface area (Å²) in [5.74, 6) is -1.14. The monoisotopic (exact) mass is 326 g/mol. The van der Waals surface area contributed by atoms with E-state index < -0.39 is 11.6 Å². The molecule has 0 spiro atoms. The van der Waals surface area contributed by atoms with Gasteiger partial charge in [-0.05, 0) is 6.92 Å². The summed E-state index contributed by atoms with van der Waals surface area (Å²) in [5.41, 5.74) is 1.90. The smallest absolute Gasteiger partial charge is 0.238 e. The first-order valence-corrected chi connectivity index (χ1v) is 7.71. The second kappa shape index (κ2) is 5.41. The average molecular weight is 326 g/mol. The molecule has 0 atom stereocenters. The van der Waals surface area contributed by atoms with Crippen molar-refractivity contribution in [1.29, 1.82) is 0 Å². The van der Waals surface area contributed by atoms with Gasteiger partial charge in [-0.2, -0.15) is 0 Å². The lowest BCUT2D eigenvalue weighted by molar-refractivity contribution is 0.0813. The van der Waals surface area contributed by atoms with Gasteiger partial charge in [0.15, 0.2) is 5.78 Å². The fraction of sp³-hybridized carbons (Fsp3) is 0.0500. The summed E-state index contributed by atoms with van der Waals surface area (Å²) in [4.78, 5) is 38.0. The van der Waals surface area contributed by atoms with Gasteiger partial charge in [0.2, 0.25) is 11.6 Å². The number of hydrogen-bond acceptors (Lipinski definition) is 4. The molecule has 1 heterocycles. The van der Waals surface area contributed by atoms with Crippen LogP contribution in [-0.4, -0.2) is 25.2 Å². The highest BCUT2D eigenvalue weighted by atomic mass is 16.3. The van der Waals surface area contributed by atoms with Crippen LogP contribution in [0.2, 0.25) is 0 Å². The van der Waals surface area contributed by atoms with Gasteiger partial charge in [-0.3, -0.25) is 14.4 Å². The van der Waals surface area contributed by atoms with Crippen LogP contribution < -0.4 is 5.46 Å². The number of rotatable bonds is 2. The van der Waals surface area contributed by atoms with Crippen molar-refractivity contribution in [2.24, 2.45) is 0 Å². The van der Waals surface area contributed by atoms with Crippen LogP contribution >= 0.6 is 0 Å². The van der Waals surface area contributed by atoms with E-state index in [0.29, 0.717) is 27.9 Å². The van der Waals surface area contributed by atoms with Crippen LogP contribution in [0.1, 0.15) is 42.4 Å². The van der Waals surface area contributed by atoms with Crippen LogP contribution in [0.15, 0.2) is 52.9 Å². The average Bonchev–Trinajstić information content (AvgIpc) is 2.97. The Morgan fingerprint density at radius 2 is 1.56 bits per heavy atom. The lowest BCUT2D eigenvalue weighted by Gasteiger charge is -2.13. The Morgan fingerprint density at radius 3 is 2.24 bits per heavy atom. The van der Waals surface area contributed by atoms with Crippen LogP contribution in [0, 0.1) is 6.92 Å². The van der Waals surface area contributed by atoms with E-state index in [1.165, 1.54) is 0 Å². The molecule has 5 heteroatoms. The number of hydrogen-bond donors (Lipinski definition) is 0. The number of carbonyl (C=O) groups excluding carboxylic acids is 3. The van der Waals surface area contributed by atoms with Crippen molar-refractivity contribution in [3.05, 3.63) is 76.5 Å². The first-order valence-electron chi connectivity index (χ1n) is 7.71. The molecule has 0 saturated heterocycles. The van der Waals surface area contributed by atoms with Gasteiger partial charge < -0.3 is 4.42 Å². The fourth-order valence-corrected chi connectivity index (χ4v) is 3.12. The number of fused-ring (bicyclic) bond motifs is 3. The summed E-state index contributed by atoms with van der Waals surface area (Å²) in [6, 6.07) is 13.1. The largest absolute Gasteiger partial charge is 0.460 e. The number of benzene rings is 2. The van der Waals surface area contributed by atoms with Crippen LogP contribution in [0.4, 0.5) is 0 Å². The second-order valence-electron chi connectivity index (χ2n) is 5.89. The SMILES string of the molecule is [B]c1ccc(C(=O)c2c(C)oc3c2C(=O)C(=O)c2ccccc2-3)cc1. The van der Waals surface area contributed by atoms with E-state index in [9.17, 15) is 14.4 Å². The molecule has 4 rings (SSSR count). The third kappa shape index (κ3) is 2.20. The van der Waals surface area contributed by atoms with Crippen molar-refractivity contribution in [3.8, 4) is 11.3 Å². The van der Waals surface area contributed by atoms with Crippen molar-refractivity contribution >= 4 is 30.7 Å². The van der Waals surface area contributed by atoms with E-state index in [2.05, 4.69) is 0 Å². The molecule has 0 fully saturated rings. The van der Waals surface area contributed by atoms with Gasteiger partial charge in [-0.1, -0.05) is 54.0 Å². The van der Waals surface area contributed by atoms with Crippen molar-refractivity contribution in [2.45, 2.75) is 6.92 Å². The van der Waals surface area contributed by atoms with Gasteiger partial charge >= 0.3 is 0 Å². The molecule has 1 aliphatic carbocycles. The zero-order valence-electron chi connectivity index (χ0n) is 13.3. The third-order valence-electron chi connectivity index (χ3n) is 4.33. The predicted molar refractivity (Wildman–Crippen MR) is 92.8 cm³/mol. The number of Topliss-reactive ketones (excluding diaryl/α,β-unsaturated/α-hetero) is 2. The molecule has 2 radical (unpaired) electrons. The highest BCUT2D eigenvalue weighted by Gasteiger charge is 2.38. The summed E-state index contributed by atoms with van der Waals surface area (Å²) in [6.07, 6.45) is 0. The molecule has 118 valence electrons. The number of carbonyl (C=O) groups is 3. The van der Waals surface area contributed by atoms with Crippen LogP contribution in [0.25, 0.3) is 11.3 Å². The molecule has 25 heavy (non-hydrogen) atoms. The van der Waals surface area contributed by atoms with Crippen molar-refractivity contribution in [2.75, 3.05) is 0 Å². The molecule has 1 aromatic heterocycles. The van der Waals surface area contributed by atoms with Gasteiger partial charge in [0.25, 0.3) is 0 Å². The summed E-state index contributed by atoms with van der Waals surface area (Å²) in [7, 11) is 5.65. The molecular weight excluding hydrogens is 315 g/mol. The second-order valence-corrected chi connectivity index (χ2v) is 5.89. The Balaban J connectivity index is 1.95. The van der Waals surface area contributed by atoms with Crippen molar-refractivity contribution in [3.63, 3.8) is 0 Å². The van der Waals surface area contributed by atoms with Crippen molar-refractivity contribution in [1.82, 2.24) is 0 Å². The maximum absolute atomic E-state index is 12.9. The maximum Gasteiger partial charge on any atom is 0.238 e. The van der Waals surface area contributed by atoms with Crippen LogP contribution in [-0.2, 0) is 0 Å². The number of aryl methyl sites for hydroxylation is 1. The van der Waals surface area contributed by atoms with E-state index in [0.717, 1.165) is 0 Å². The maximum atomic E-state index is 12.9. The first-order chi connectivity index (χ1) is 12.0. The molecule has 3 aromatic rings. The number of furan rings is 1. The minimum atomic E-state index is -0.718. The van der Waals surface area contributed by atoms with E-state index in [1.807, 2.05) is 0 Å². The summed E-state index contributed by atoms with van der Waals surface area (Å²) < 4.78 is 5.73. The molecule has 2 aromatic carbocycles. The minimum Gasteiger partial charge on any atom is -0.460 e. The lowest BCUT2D eigenvalue weighted by Crippen LogP contribution is -2.22. The molecule has 4 nitrogen and oxygen atoms in total. The van der Waals surface area contributed by atoms with Gasteiger partial charge in [-0.25, -0.2) is 0 Å². The van der Waals surface area contributed by atoms with E-state index >= 15 is 0 Å². The molecule has 0 N–H and O–H groups in total. The molecule has 0 aliphatic heterocycles. The zero-order chi connectivity index (χ0) is 17.7. The topological polar surface area (TPSA) is 64.3 Å². The Labute approximate surface area is 144 Å². The highest BCUT2D eigenvalue weighted by Crippen LogP contribution is 2.39. The summed E-state index contributed by atoms with van der Waals surface area (Å²) in [6.45, 7) is 1.61. The van der Waals surface area contributed by atoms with Crippen molar-refractivity contribution < 1.29 is 18.8 Å². The summed E-state index contributed by atoms with van der Waals surface area (Å²) in [5, 5.41) is 0. The molecule has 0 amide bonds. The van der Waals surface area contributed by atoms with Gasteiger partial charge in [-0.15, -0.1) is 0 Å². The lowest BCUT2D eigenvalue weighted by atomic mass is 9.85. The number of ketones is 3. The fourth-order valence-electron chi connectivity index (χ4n) is 3.12. The molecule has 1 aliphatic rings. The van der Waals surface area contributed by atoms with E-state index in [-0.39, 0.29) is 22.7 Å². The highest BCUT2D eigenvalue weighted by molar-refractivity contribution is 6.54. The van der Waals surface area contributed by atoms with Crippen LogP contribution in [0.3, 0.4) is 0 Å². The molecule has 0 unspecified atom stereocenters. The van der Waals surface area contributed by atoms with E-state index in [4.69, 9.17) is 12.3 Å². The molecule has 0 saturated carbocycles. The molecule has 0 bridgehead atoms. The van der Waals surface area contributed by atoms with Gasteiger partial charge in [0.05, 0.1) is 11.1 Å². The quantitative estimate of drug-likeness (QED) is 0.413.